The predicted octanol–water partition coefficient (Wildman–Crippen LogP) is 3.23. The van der Waals surface area contributed by atoms with E-state index in [1.165, 1.54) is 12.8 Å². The third-order valence-corrected chi connectivity index (χ3v) is 7.27. The molecule has 1 aliphatic carbocycles. The fourth-order valence-corrected chi connectivity index (χ4v) is 5.28. The maximum Gasteiger partial charge on any atom is 0.0729 e. The molecule has 3 nitrogen and oxygen atoms in total. The van der Waals surface area contributed by atoms with Crippen LogP contribution in [0.25, 0.3) is 0 Å². The average Bonchev–Trinajstić information content (AvgIpc) is 2.84. The molecule has 1 N–H and O–H groups in total. The number of rotatable bonds is 3. The van der Waals surface area contributed by atoms with E-state index < -0.39 is 0 Å². The molecular formula is C18H33NO2. The van der Waals surface area contributed by atoms with Gasteiger partial charge in [-0.25, -0.2) is 0 Å². The van der Waals surface area contributed by atoms with Crippen LogP contribution >= 0.6 is 0 Å². The topological polar surface area (TPSA) is 30.5 Å². The predicted molar refractivity (Wildman–Crippen MR) is 85.4 cm³/mol. The van der Waals surface area contributed by atoms with Crippen LogP contribution in [0.3, 0.4) is 0 Å². The molecule has 2 heterocycles. The molecule has 0 amide bonds. The van der Waals surface area contributed by atoms with Crippen molar-refractivity contribution >= 4 is 0 Å². The highest BCUT2D eigenvalue weighted by Crippen LogP contribution is 2.70. The Labute approximate surface area is 130 Å². The third kappa shape index (κ3) is 2.46. The molecule has 3 heteroatoms. The van der Waals surface area contributed by atoms with E-state index in [0.29, 0.717) is 16.9 Å². The zero-order valence-corrected chi connectivity index (χ0v) is 14.5. The van der Waals surface area contributed by atoms with Crippen molar-refractivity contribution in [1.82, 2.24) is 5.32 Å². The second-order valence-electron chi connectivity index (χ2n) is 8.63. The average molecular weight is 295 g/mol. The summed E-state index contributed by atoms with van der Waals surface area (Å²) >= 11 is 0. The van der Waals surface area contributed by atoms with E-state index in [0.717, 1.165) is 44.5 Å². The van der Waals surface area contributed by atoms with Gasteiger partial charge in [-0.15, -0.1) is 0 Å². The van der Waals surface area contributed by atoms with E-state index in [1.54, 1.807) is 0 Å². The standard InChI is InChI=1S/C18H33NO2/c1-16(2)15(17(16,3)4)14(19-5)13-6-9-21-18(12-13)7-10-20-11-8-18/h13-15,19H,6-12H2,1-5H3. The first-order chi connectivity index (χ1) is 9.84. The van der Waals surface area contributed by atoms with Gasteiger partial charge >= 0.3 is 0 Å². The van der Waals surface area contributed by atoms with Gasteiger partial charge in [0.1, 0.15) is 0 Å². The molecule has 0 aromatic rings. The maximum atomic E-state index is 6.23. The minimum atomic E-state index is 0.111. The number of hydrogen-bond donors (Lipinski definition) is 1. The van der Waals surface area contributed by atoms with Crippen LogP contribution < -0.4 is 5.32 Å². The summed E-state index contributed by atoms with van der Waals surface area (Å²) < 4.78 is 11.8. The van der Waals surface area contributed by atoms with Gasteiger partial charge in [-0.05, 0) is 55.4 Å². The molecule has 0 aromatic carbocycles. The van der Waals surface area contributed by atoms with Crippen molar-refractivity contribution in [3.05, 3.63) is 0 Å². The van der Waals surface area contributed by atoms with Crippen LogP contribution in [-0.4, -0.2) is 38.5 Å². The number of hydrogen-bond acceptors (Lipinski definition) is 3. The van der Waals surface area contributed by atoms with Gasteiger partial charge in [0.2, 0.25) is 0 Å². The SMILES string of the molecule is CNC(C1CCOC2(CCOCC2)C1)C1C(C)(C)C1(C)C. The molecular weight excluding hydrogens is 262 g/mol. The van der Waals surface area contributed by atoms with Gasteiger partial charge in [0.05, 0.1) is 5.60 Å². The van der Waals surface area contributed by atoms with Crippen LogP contribution in [0.4, 0.5) is 0 Å². The molecule has 3 rings (SSSR count). The quantitative estimate of drug-likeness (QED) is 0.867. The summed E-state index contributed by atoms with van der Waals surface area (Å²) in [6, 6.07) is 0.624. The van der Waals surface area contributed by atoms with Crippen LogP contribution in [0, 0.1) is 22.7 Å². The van der Waals surface area contributed by atoms with Gasteiger partial charge in [0.25, 0.3) is 0 Å². The van der Waals surface area contributed by atoms with Crippen LogP contribution in [0.2, 0.25) is 0 Å². The van der Waals surface area contributed by atoms with Crippen molar-refractivity contribution < 1.29 is 9.47 Å². The zero-order valence-electron chi connectivity index (χ0n) is 14.5. The highest BCUT2D eigenvalue weighted by Gasteiger charge is 2.68. The first kappa shape index (κ1) is 15.8. The van der Waals surface area contributed by atoms with E-state index in [4.69, 9.17) is 9.47 Å². The van der Waals surface area contributed by atoms with E-state index in [1.807, 2.05) is 0 Å². The first-order valence-corrected chi connectivity index (χ1v) is 8.73. The highest BCUT2D eigenvalue weighted by molar-refractivity contribution is 5.17. The normalized spacial score (nSPS) is 35.6. The Morgan fingerprint density at radius 2 is 1.62 bits per heavy atom. The van der Waals surface area contributed by atoms with E-state index in [-0.39, 0.29) is 5.60 Å². The first-order valence-electron chi connectivity index (χ1n) is 8.73. The molecule has 2 unspecified atom stereocenters. The maximum absolute atomic E-state index is 6.23. The molecule has 1 spiro atoms. The summed E-state index contributed by atoms with van der Waals surface area (Å²) in [5, 5.41) is 3.68. The van der Waals surface area contributed by atoms with Gasteiger partial charge < -0.3 is 14.8 Å². The second-order valence-corrected chi connectivity index (χ2v) is 8.63. The van der Waals surface area contributed by atoms with Gasteiger partial charge in [0.15, 0.2) is 0 Å². The Hall–Kier alpha value is -0.120. The van der Waals surface area contributed by atoms with Crippen molar-refractivity contribution in [1.29, 1.82) is 0 Å². The summed E-state index contributed by atoms with van der Waals surface area (Å²) in [4.78, 5) is 0. The smallest absolute Gasteiger partial charge is 0.0729 e. The lowest BCUT2D eigenvalue weighted by molar-refractivity contribution is -0.151. The van der Waals surface area contributed by atoms with Crippen molar-refractivity contribution in [2.75, 3.05) is 26.9 Å². The minimum absolute atomic E-state index is 0.111. The molecule has 0 bridgehead atoms. The summed E-state index contributed by atoms with van der Waals surface area (Å²) in [7, 11) is 2.15. The van der Waals surface area contributed by atoms with Gasteiger partial charge in [-0.2, -0.15) is 0 Å². The van der Waals surface area contributed by atoms with E-state index in [9.17, 15) is 0 Å². The second kappa shape index (κ2) is 5.21. The summed E-state index contributed by atoms with van der Waals surface area (Å²) in [5.41, 5.74) is 1.00. The summed E-state index contributed by atoms with van der Waals surface area (Å²) in [5.74, 6) is 1.52. The van der Waals surface area contributed by atoms with E-state index in [2.05, 4.69) is 40.1 Å². The Morgan fingerprint density at radius 1 is 1.00 bits per heavy atom. The summed E-state index contributed by atoms with van der Waals surface area (Å²) in [6.45, 7) is 12.4. The van der Waals surface area contributed by atoms with Crippen LogP contribution in [0.5, 0.6) is 0 Å². The van der Waals surface area contributed by atoms with Crippen molar-refractivity contribution in [3.8, 4) is 0 Å². The largest absolute Gasteiger partial charge is 0.381 e. The fourth-order valence-electron chi connectivity index (χ4n) is 5.28. The third-order valence-electron chi connectivity index (χ3n) is 7.27. The van der Waals surface area contributed by atoms with Crippen LogP contribution in [0.1, 0.15) is 53.4 Å². The molecule has 2 saturated heterocycles. The van der Waals surface area contributed by atoms with Crippen LogP contribution in [-0.2, 0) is 9.47 Å². The molecule has 3 fully saturated rings. The lowest BCUT2D eigenvalue weighted by Gasteiger charge is -2.45. The van der Waals surface area contributed by atoms with E-state index >= 15 is 0 Å². The number of ether oxygens (including phenoxy) is 2. The van der Waals surface area contributed by atoms with Gasteiger partial charge in [-0.3, -0.25) is 0 Å². The van der Waals surface area contributed by atoms with Crippen LogP contribution in [0.15, 0.2) is 0 Å². The molecule has 1 saturated carbocycles. The summed E-state index contributed by atoms with van der Waals surface area (Å²) in [6.07, 6.45) is 4.58. The molecule has 0 radical (unpaired) electrons. The molecule has 21 heavy (non-hydrogen) atoms. The Balaban J connectivity index is 1.73. The molecule has 122 valence electrons. The van der Waals surface area contributed by atoms with Gasteiger partial charge in [-0.1, -0.05) is 27.7 Å². The minimum Gasteiger partial charge on any atom is -0.381 e. The number of nitrogens with one attached hydrogen (secondary N) is 1. The zero-order chi connectivity index (χ0) is 15.3. The lowest BCUT2D eigenvalue weighted by Crippen LogP contribution is -2.50. The Kier molecular flexibility index (Phi) is 3.91. The molecule has 3 aliphatic rings. The Morgan fingerprint density at radius 3 is 2.14 bits per heavy atom. The Bertz CT molecular complexity index is 365. The monoisotopic (exact) mass is 295 g/mol. The van der Waals surface area contributed by atoms with Crippen molar-refractivity contribution in [3.63, 3.8) is 0 Å². The highest BCUT2D eigenvalue weighted by atomic mass is 16.5. The lowest BCUT2D eigenvalue weighted by atomic mass is 9.75. The fraction of sp³-hybridized carbons (Fsp3) is 1.00. The van der Waals surface area contributed by atoms with Crippen molar-refractivity contribution in [2.24, 2.45) is 22.7 Å². The molecule has 0 aromatic heterocycles. The molecule has 2 aliphatic heterocycles. The molecule has 2 atom stereocenters. The van der Waals surface area contributed by atoms with Gasteiger partial charge in [0, 0.05) is 25.9 Å². The van der Waals surface area contributed by atoms with Crippen molar-refractivity contribution in [2.45, 2.75) is 65.0 Å².